The maximum Gasteiger partial charge on any atom is 0.000993 e. The second kappa shape index (κ2) is 6.70. The lowest BCUT2D eigenvalue weighted by molar-refractivity contribution is 0.332. The van der Waals surface area contributed by atoms with Crippen molar-refractivity contribution in [1.82, 2.24) is 4.90 Å². The molecule has 1 aromatic rings. The highest BCUT2D eigenvalue weighted by Crippen LogP contribution is 2.26. The van der Waals surface area contributed by atoms with Crippen LogP contribution in [0.1, 0.15) is 31.4 Å². The lowest BCUT2D eigenvalue weighted by atomic mass is 10.1. The van der Waals surface area contributed by atoms with Gasteiger partial charge in [-0.05, 0) is 44.0 Å². The van der Waals surface area contributed by atoms with Gasteiger partial charge in [-0.3, -0.25) is 0 Å². The van der Waals surface area contributed by atoms with Gasteiger partial charge < -0.3 is 4.90 Å². The predicted octanol–water partition coefficient (Wildman–Crippen LogP) is 3.38. The van der Waals surface area contributed by atoms with Crippen molar-refractivity contribution in [2.45, 2.75) is 33.1 Å². The van der Waals surface area contributed by atoms with Crippen molar-refractivity contribution >= 4 is 0 Å². The normalized spacial score (nSPS) is 14.6. The molecule has 0 spiro atoms. The van der Waals surface area contributed by atoms with Gasteiger partial charge in [0, 0.05) is 6.54 Å². The molecule has 0 amide bonds. The van der Waals surface area contributed by atoms with E-state index in [1.54, 1.807) is 11.1 Å². The lowest BCUT2D eigenvalue weighted by Crippen LogP contribution is -2.21. The van der Waals surface area contributed by atoms with Crippen LogP contribution in [0.5, 0.6) is 0 Å². The molecule has 16 heavy (non-hydrogen) atoms. The molecule has 1 nitrogen and oxygen atoms in total. The Morgan fingerprint density at radius 1 is 1.06 bits per heavy atom. The van der Waals surface area contributed by atoms with Gasteiger partial charge in [0.15, 0.2) is 0 Å². The zero-order chi connectivity index (χ0) is 12.0. The molecule has 0 bridgehead atoms. The Kier molecular flexibility index (Phi) is 5.54. The van der Waals surface area contributed by atoms with E-state index in [1.165, 1.54) is 25.8 Å². The number of fused-ring (bicyclic) bond motifs is 1. The second-order valence-electron chi connectivity index (χ2n) is 5.01. The zero-order valence-electron chi connectivity index (χ0n) is 11.2. The molecule has 0 fully saturated rings. The number of benzene rings is 1. The minimum absolute atomic E-state index is 0.840. The summed E-state index contributed by atoms with van der Waals surface area (Å²) in [6.45, 7) is 5.47. The Bertz CT molecular complexity index is 279. The highest BCUT2D eigenvalue weighted by molar-refractivity contribution is 5.32. The molecule has 1 aliphatic carbocycles. The van der Waals surface area contributed by atoms with Crippen LogP contribution in [0.2, 0.25) is 0 Å². The molecule has 1 heteroatoms. The van der Waals surface area contributed by atoms with Crippen LogP contribution in [0, 0.1) is 5.92 Å². The van der Waals surface area contributed by atoms with E-state index >= 15 is 0 Å². The molecule has 0 saturated carbocycles. The number of rotatable bonds is 2. The third-order valence-electron chi connectivity index (χ3n) is 2.76. The minimum Gasteiger partial charge on any atom is -0.309 e. The lowest BCUT2D eigenvalue weighted by Gasteiger charge is -2.14. The van der Waals surface area contributed by atoms with Gasteiger partial charge in [0.05, 0.1) is 0 Å². The first-order chi connectivity index (χ1) is 7.67. The number of nitrogens with zero attached hydrogens (tertiary/aromatic N) is 1. The molecule has 1 aliphatic rings. The molecular weight excluding hydrogens is 194 g/mol. The molecule has 0 radical (unpaired) electrons. The minimum atomic E-state index is 0.840. The summed E-state index contributed by atoms with van der Waals surface area (Å²) in [6, 6.07) is 8.84. The molecule has 0 aromatic heterocycles. The van der Waals surface area contributed by atoms with Crippen molar-refractivity contribution in [3.63, 3.8) is 0 Å². The summed E-state index contributed by atoms with van der Waals surface area (Å²) >= 11 is 0. The SMILES string of the molecule is CCC.CN(C)CC1Cc2ccccc2C1. The van der Waals surface area contributed by atoms with Gasteiger partial charge in [-0.2, -0.15) is 0 Å². The fourth-order valence-corrected chi connectivity index (χ4v) is 2.30. The van der Waals surface area contributed by atoms with E-state index in [4.69, 9.17) is 0 Å². The average Bonchev–Trinajstić information content (AvgIpc) is 2.59. The van der Waals surface area contributed by atoms with Crippen LogP contribution in [-0.4, -0.2) is 25.5 Å². The molecule has 2 rings (SSSR count). The van der Waals surface area contributed by atoms with Crippen LogP contribution < -0.4 is 0 Å². The van der Waals surface area contributed by atoms with Crippen LogP contribution in [0.25, 0.3) is 0 Å². The summed E-state index contributed by atoms with van der Waals surface area (Å²) < 4.78 is 0. The summed E-state index contributed by atoms with van der Waals surface area (Å²) in [4.78, 5) is 2.29. The number of hydrogen-bond acceptors (Lipinski definition) is 1. The topological polar surface area (TPSA) is 3.24 Å². The van der Waals surface area contributed by atoms with Crippen LogP contribution in [0.15, 0.2) is 24.3 Å². The molecular formula is C15H25N. The van der Waals surface area contributed by atoms with Gasteiger partial charge in [-0.1, -0.05) is 44.5 Å². The van der Waals surface area contributed by atoms with E-state index in [0.29, 0.717) is 0 Å². The van der Waals surface area contributed by atoms with E-state index in [-0.39, 0.29) is 0 Å². The quantitative estimate of drug-likeness (QED) is 0.737. The van der Waals surface area contributed by atoms with Crippen molar-refractivity contribution in [3.05, 3.63) is 35.4 Å². The van der Waals surface area contributed by atoms with Crippen LogP contribution in [-0.2, 0) is 12.8 Å². The predicted molar refractivity (Wildman–Crippen MR) is 71.9 cm³/mol. The van der Waals surface area contributed by atoms with Crippen LogP contribution in [0.3, 0.4) is 0 Å². The molecule has 0 aliphatic heterocycles. The van der Waals surface area contributed by atoms with E-state index in [9.17, 15) is 0 Å². The van der Waals surface area contributed by atoms with Gasteiger partial charge >= 0.3 is 0 Å². The average molecular weight is 219 g/mol. The highest BCUT2D eigenvalue weighted by Gasteiger charge is 2.20. The van der Waals surface area contributed by atoms with Crippen molar-refractivity contribution < 1.29 is 0 Å². The zero-order valence-corrected chi connectivity index (χ0v) is 11.2. The summed E-state index contributed by atoms with van der Waals surface area (Å²) in [5, 5.41) is 0. The van der Waals surface area contributed by atoms with E-state index in [2.05, 4.69) is 57.1 Å². The van der Waals surface area contributed by atoms with Gasteiger partial charge in [0.2, 0.25) is 0 Å². The van der Waals surface area contributed by atoms with Gasteiger partial charge in [-0.15, -0.1) is 0 Å². The maximum atomic E-state index is 2.29. The largest absolute Gasteiger partial charge is 0.309 e. The monoisotopic (exact) mass is 219 g/mol. The molecule has 0 atom stereocenters. The van der Waals surface area contributed by atoms with Crippen molar-refractivity contribution in [2.75, 3.05) is 20.6 Å². The Morgan fingerprint density at radius 3 is 1.88 bits per heavy atom. The molecule has 0 heterocycles. The van der Waals surface area contributed by atoms with Gasteiger partial charge in [0.25, 0.3) is 0 Å². The van der Waals surface area contributed by atoms with Crippen molar-refractivity contribution in [3.8, 4) is 0 Å². The summed E-state index contributed by atoms with van der Waals surface area (Å²) in [5.74, 6) is 0.840. The van der Waals surface area contributed by atoms with Gasteiger partial charge in [0.1, 0.15) is 0 Å². The molecule has 0 N–H and O–H groups in total. The fraction of sp³-hybridized carbons (Fsp3) is 0.600. The Hall–Kier alpha value is -0.820. The maximum absolute atomic E-state index is 2.29. The fourth-order valence-electron chi connectivity index (χ4n) is 2.30. The first-order valence-electron chi connectivity index (χ1n) is 6.38. The summed E-state index contributed by atoms with van der Waals surface area (Å²) in [7, 11) is 4.31. The van der Waals surface area contributed by atoms with Crippen molar-refractivity contribution in [1.29, 1.82) is 0 Å². The third kappa shape index (κ3) is 3.97. The third-order valence-corrected chi connectivity index (χ3v) is 2.76. The van der Waals surface area contributed by atoms with Gasteiger partial charge in [-0.25, -0.2) is 0 Å². The first kappa shape index (κ1) is 13.2. The standard InChI is InChI=1S/C12H17N.C3H8/c1-13(2)9-10-7-11-5-3-4-6-12(11)8-10;1-3-2/h3-6,10H,7-9H2,1-2H3;3H2,1-2H3. The van der Waals surface area contributed by atoms with Crippen LogP contribution >= 0.6 is 0 Å². The second-order valence-corrected chi connectivity index (χ2v) is 5.01. The molecule has 0 saturated heterocycles. The Morgan fingerprint density at radius 2 is 1.50 bits per heavy atom. The molecule has 0 unspecified atom stereocenters. The Balaban J connectivity index is 0.000000386. The smallest absolute Gasteiger partial charge is 0.000993 e. The highest BCUT2D eigenvalue weighted by atomic mass is 15.1. The Labute approximate surface area is 100 Å². The van der Waals surface area contributed by atoms with Crippen LogP contribution in [0.4, 0.5) is 0 Å². The first-order valence-corrected chi connectivity index (χ1v) is 6.38. The van der Waals surface area contributed by atoms with E-state index < -0.39 is 0 Å². The molecule has 90 valence electrons. The van der Waals surface area contributed by atoms with E-state index in [0.717, 1.165) is 5.92 Å². The summed E-state index contributed by atoms with van der Waals surface area (Å²) in [5.41, 5.74) is 3.13. The van der Waals surface area contributed by atoms with E-state index in [1.807, 2.05) is 0 Å². The number of hydrogen-bond donors (Lipinski definition) is 0. The molecule has 1 aromatic carbocycles. The summed E-state index contributed by atoms with van der Waals surface area (Å²) in [6.07, 6.45) is 3.79. The van der Waals surface area contributed by atoms with Crippen molar-refractivity contribution in [2.24, 2.45) is 5.92 Å².